The molecule has 0 radical (unpaired) electrons. The minimum absolute atomic E-state index is 0.332. The Morgan fingerprint density at radius 1 is 0.963 bits per heavy atom. The average molecular weight is 371 g/mol. The summed E-state index contributed by atoms with van der Waals surface area (Å²) >= 11 is 0. The third-order valence-corrected chi connectivity index (χ3v) is 3.88. The van der Waals surface area contributed by atoms with E-state index in [2.05, 4.69) is 16.0 Å². The number of nitrogens with one attached hydrogen (secondary N) is 3. The Morgan fingerprint density at radius 2 is 1.63 bits per heavy atom. The van der Waals surface area contributed by atoms with Gasteiger partial charge in [-0.1, -0.05) is 23.8 Å². The van der Waals surface area contributed by atoms with Crippen LogP contribution in [0.5, 0.6) is 0 Å². The fourth-order valence-corrected chi connectivity index (χ4v) is 2.32. The van der Waals surface area contributed by atoms with Crippen LogP contribution in [0.2, 0.25) is 0 Å². The molecule has 0 saturated carbocycles. The van der Waals surface area contributed by atoms with Gasteiger partial charge in [0.05, 0.1) is 0 Å². The molecule has 0 fully saturated rings. The van der Waals surface area contributed by atoms with Gasteiger partial charge in [0.25, 0.3) is 0 Å². The van der Waals surface area contributed by atoms with Gasteiger partial charge in [-0.2, -0.15) is 0 Å². The fraction of sp³-hybridized carbons (Fsp3) is 0.250. The molecule has 2 aromatic carbocycles. The molecular formula is C20H22FN3O3. The topological polar surface area (TPSA) is 87.3 Å². The second kappa shape index (κ2) is 8.93. The monoisotopic (exact) mass is 371 g/mol. The van der Waals surface area contributed by atoms with Crippen LogP contribution in [0.3, 0.4) is 0 Å². The van der Waals surface area contributed by atoms with E-state index in [9.17, 15) is 18.8 Å². The van der Waals surface area contributed by atoms with E-state index in [1.807, 2.05) is 19.1 Å². The van der Waals surface area contributed by atoms with Gasteiger partial charge < -0.3 is 16.0 Å². The number of halogens is 1. The van der Waals surface area contributed by atoms with Gasteiger partial charge >= 0.3 is 0 Å². The summed E-state index contributed by atoms with van der Waals surface area (Å²) in [5, 5.41) is 7.63. The van der Waals surface area contributed by atoms with Gasteiger partial charge in [-0.15, -0.1) is 0 Å². The van der Waals surface area contributed by atoms with Crippen molar-refractivity contribution in [1.29, 1.82) is 0 Å². The van der Waals surface area contributed by atoms with E-state index in [0.717, 1.165) is 5.56 Å². The summed E-state index contributed by atoms with van der Waals surface area (Å²) in [6, 6.07) is 10.3. The molecule has 3 N–H and O–H groups in total. The Labute approximate surface area is 157 Å². The highest BCUT2D eigenvalue weighted by Crippen LogP contribution is 2.16. The van der Waals surface area contributed by atoms with Gasteiger partial charge in [0.2, 0.25) is 17.7 Å². The third-order valence-electron chi connectivity index (χ3n) is 3.88. The van der Waals surface area contributed by atoms with E-state index in [-0.39, 0.29) is 0 Å². The Bertz CT molecular complexity index is 850. The van der Waals surface area contributed by atoms with Crippen molar-refractivity contribution in [2.24, 2.45) is 0 Å². The van der Waals surface area contributed by atoms with E-state index in [1.165, 1.54) is 19.1 Å². The van der Waals surface area contributed by atoms with Crippen molar-refractivity contribution in [3.63, 3.8) is 0 Å². The molecule has 7 heteroatoms. The first-order valence-electron chi connectivity index (χ1n) is 8.47. The lowest BCUT2D eigenvalue weighted by Crippen LogP contribution is -2.42. The van der Waals surface area contributed by atoms with Gasteiger partial charge in [-0.3, -0.25) is 14.4 Å². The Hall–Kier alpha value is -3.22. The van der Waals surface area contributed by atoms with Crippen LogP contribution in [-0.2, 0) is 14.4 Å². The minimum atomic E-state index is -0.882. The molecule has 0 aromatic heterocycles. The molecule has 0 unspecified atom stereocenters. The number of amides is 3. The van der Waals surface area contributed by atoms with Gasteiger partial charge in [0, 0.05) is 11.4 Å². The SMILES string of the molecule is Cc1ccc(NC(=O)CC(=O)N[C@@H](C)C(=O)Nc2cc(F)ccc2C)cc1. The van der Waals surface area contributed by atoms with E-state index in [1.54, 1.807) is 25.1 Å². The summed E-state index contributed by atoms with van der Waals surface area (Å²) in [5.74, 6) is -2.04. The Balaban J connectivity index is 1.85. The quantitative estimate of drug-likeness (QED) is 0.683. The maximum absolute atomic E-state index is 13.3. The molecule has 0 bridgehead atoms. The predicted octanol–water partition coefficient (Wildman–Crippen LogP) is 2.91. The van der Waals surface area contributed by atoms with Crippen LogP contribution in [0.4, 0.5) is 15.8 Å². The molecule has 1 atom stereocenters. The maximum Gasteiger partial charge on any atom is 0.246 e. The number of carbonyl (C=O) groups excluding carboxylic acids is 3. The highest BCUT2D eigenvalue weighted by Gasteiger charge is 2.18. The maximum atomic E-state index is 13.3. The first kappa shape index (κ1) is 20.1. The second-order valence-corrected chi connectivity index (χ2v) is 6.33. The number of benzene rings is 2. The number of rotatable bonds is 6. The van der Waals surface area contributed by atoms with Gasteiger partial charge in [-0.05, 0) is 50.6 Å². The van der Waals surface area contributed by atoms with E-state index < -0.39 is 36.0 Å². The van der Waals surface area contributed by atoms with Crippen molar-refractivity contribution in [2.45, 2.75) is 33.2 Å². The number of hydrogen-bond acceptors (Lipinski definition) is 3. The molecule has 0 spiro atoms. The molecule has 0 heterocycles. The first-order valence-corrected chi connectivity index (χ1v) is 8.47. The molecule has 0 aliphatic carbocycles. The van der Waals surface area contributed by atoms with Crippen LogP contribution in [-0.4, -0.2) is 23.8 Å². The van der Waals surface area contributed by atoms with Crippen LogP contribution in [0.15, 0.2) is 42.5 Å². The van der Waals surface area contributed by atoms with Crippen LogP contribution >= 0.6 is 0 Å². The molecular weight excluding hydrogens is 349 g/mol. The summed E-state index contributed by atoms with van der Waals surface area (Å²) in [5.41, 5.74) is 2.67. The molecule has 0 saturated heterocycles. The molecule has 6 nitrogen and oxygen atoms in total. The zero-order chi connectivity index (χ0) is 20.0. The van der Waals surface area contributed by atoms with E-state index in [0.29, 0.717) is 16.9 Å². The summed E-state index contributed by atoms with van der Waals surface area (Å²) in [7, 11) is 0. The number of anilines is 2. The van der Waals surface area contributed by atoms with Crippen LogP contribution < -0.4 is 16.0 Å². The average Bonchev–Trinajstić information content (AvgIpc) is 2.59. The second-order valence-electron chi connectivity index (χ2n) is 6.33. The van der Waals surface area contributed by atoms with Crippen molar-refractivity contribution >= 4 is 29.1 Å². The van der Waals surface area contributed by atoms with Crippen molar-refractivity contribution < 1.29 is 18.8 Å². The summed E-state index contributed by atoms with van der Waals surface area (Å²) in [6.45, 7) is 5.14. The highest BCUT2D eigenvalue weighted by atomic mass is 19.1. The molecule has 0 aliphatic rings. The predicted molar refractivity (Wildman–Crippen MR) is 102 cm³/mol. The van der Waals surface area contributed by atoms with Crippen LogP contribution in [0, 0.1) is 19.7 Å². The van der Waals surface area contributed by atoms with Crippen molar-refractivity contribution in [1.82, 2.24) is 5.32 Å². The van der Waals surface area contributed by atoms with Crippen molar-refractivity contribution in [2.75, 3.05) is 10.6 Å². The van der Waals surface area contributed by atoms with E-state index >= 15 is 0 Å². The number of aryl methyl sites for hydroxylation is 2. The van der Waals surface area contributed by atoms with Gasteiger partial charge in [0.1, 0.15) is 18.3 Å². The van der Waals surface area contributed by atoms with Gasteiger partial charge in [-0.25, -0.2) is 4.39 Å². The standard InChI is InChI=1S/C20H22FN3O3/c1-12-4-8-16(9-5-12)23-19(26)11-18(25)22-14(3)20(27)24-17-10-15(21)7-6-13(17)2/h4-10,14H,11H2,1-3H3,(H,22,25)(H,23,26)(H,24,27)/t14-/m0/s1. The Morgan fingerprint density at radius 3 is 2.30 bits per heavy atom. The lowest BCUT2D eigenvalue weighted by molar-refractivity contribution is -0.129. The Kier molecular flexibility index (Phi) is 6.65. The lowest BCUT2D eigenvalue weighted by atomic mass is 10.2. The molecule has 0 aliphatic heterocycles. The smallest absolute Gasteiger partial charge is 0.246 e. The molecule has 27 heavy (non-hydrogen) atoms. The molecule has 2 rings (SSSR count). The molecule has 142 valence electrons. The summed E-state index contributed by atoms with van der Waals surface area (Å²) in [4.78, 5) is 36.1. The summed E-state index contributed by atoms with van der Waals surface area (Å²) in [6.07, 6.45) is -0.412. The highest BCUT2D eigenvalue weighted by molar-refractivity contribution is 6.05. The minimum Gasteiger partial charge on any atom is -0.344 e. The normalized spacial score (nSPS) is 11.4. The van der Waals surface area contributed by atoms with Crippen LogP contribution in [0.25, 0.3) is 0 Å². The fourth-order valence-electron chi connectivity index (χ4n) is 2.32. The molecule has 3 amide bonds. The largest absolute Gasteiger partial charge is 0.344 e. The van der Waals surface area contributed by atoms with E-state index in [4.69, 9.17) is 0 Å². The van der Waals surface area contributed by atoms with Gasteiger partial charge in [0.15, 0.2) is 0 Å². The lowest BCUT2D eigenvalue weighted by Gasteiger charge is -2.15. The summed E-state index contributed by atoms with van der Waals surface area (Å²) < 4.78 is 13.3. The number of hydrogen-bond donors (Lipinski definition) is 3. The molecule has 2 aromatic rings. The zero-order valence-electron chi connectivity index (χ0n) is 15.4. The zero-order valence-corrected chi connectivity index (χ0v) is 15.4. The third kappa shape index (κ3) is 6.22. The number of carbonyl (C=O) groups is 3. The van der Waals surface area contributed by atoms with Crippen molar-refractivity contribution in [3.8, 4) is 0 Å². The first-order chi connectivity index (χ1) is 12.7. The van der Waals surface area contributed by atoms with Crippen LogP contribution in [0.1, 0.15) is 24.5 Å². The van der Waals surface area contributed by atoms with Crippen molar-refractivity contribution in [3.05, 3.63) is 59.4 Å².